The Balaban J connectivity index is 1.75. The Labute approximate surface area is 145 Å². The van der Waals surface area contributed by atoms with Crippen LogP contribution in [0.3, 0.4) is 0 Å². The summed E-state index contributed by atoms with van der Waals surface area (Å²) in [6.07, 6.45) is 6.63. The third kappa shape index (κ3) is 3.55. The Kier molecular flexibility index (Phi) is 5.07. The molecule has 1 heterocycles. The van der Waals surface area contributed by atoms with Gasteiger partial charge in [0.15, 0.2) is 11.7 Å². The standard InChI is InChI=1S/C19H18N2O2S/c1-23-15-8-6-14(7-9-15)17-12-24-19(21-17)16(11-20)18(22)10-13-4-2-3-5-13/h2,4,6-9,12-13,16H,3,5,10H2,1H3/t13-,16+/m1/s1. The molecule has 122 valence electrons. The summed E-state index contributed by atoms with van der Waals surface area (Å²) in [7, 11) is 1.62. The average Bonchev–Trinajstić information content (AvgIpc) is 3.28. The van der Waals surface area contributed by atoms with Crippen LogP contribution in [0.2, 0.25) is 0 Å². The van der Waals surface area contributed by atoms with Gasteiger partial charge in [-0.15, -0.1) is 11.3 Å². The number of rotatable bonds is 6. The first-order chi connectivity index (χ1) is 11.7. The Morgan fingerprint density at radius 2 is 2.25 bits per heavy atom. The number of benzene rings is 1. The first-order valence-electron chi connectivity index (χ1n) is 7.90. The lowest BCUT2D eigenvalue weighted by atomic mass is 9.95. The zero-order valence-corrected chi connectivity index (χ0v) is 14.3. The van der Waals surface area contributed by atoms with Crippen LogP contribution in [0, 0.1) is 17.2 Å². The summed E-state index contributed by atoms with van der Waals surface area (Å²) in [6, 6.07) is 9.71. The number of carbonyl (C=O) groups excluding carboxylic acids is 1. The van der Waals surface area contributed by atoms with E-state index in [0.717, 1.165) is 29.8 Å². The number of thiazole rings is 1. The van der Waals surface area contributed by atoms with Crippen molar-refractivity contribution in [2.24, 2.45) is 5.92 Å². The molecule has 1 aromatic carbocycles. The molecule has 0 spiro atoms. The number of Topliss-reactive ketones (excluding diaryl/α,β-unsaturated/α-hetero) is 1. The van der Waals surface area contributed by atoms with Crippen molar-refractivity contribution in [2.75, 3.05) is 7.11 Å². The van der Waals surface area contributed by atoms with Gasteiger partial charge in [0.25, 0.3) is 0 Å². The number of nitriles is 1. The Morgan fingerprint density at radius 1 is 1.46 bits per heavy atom. The van der Waals surface area contributed by atoms with Crippen LogP contribution in [0.15, 0.2) is 41.8 Å². The number of aromatic nitrogens is 1. The molecule has 24 heavy (non-hydrogen) atoms. The Bertz CT molecular complexity index is 786. The van der Waals surface area contributed by atoms with Crippen molar-refractivity contribution in [3.05, 3.63) is 46.8 Å². The molecular weight excluding hydrogens is 320 g/mol. The lowest BCUT2D eigenvalue weighted by Gasteiger charge is -2.09. The number of hydrogen-bond acceptors (Lipinski definition) is 5. The largest absolute Gasteiger partial charge is 0.497 e. The molecule has 5 heteroatoms. The minimum Gasteiger partial charge on any atom is -0.497 e. The summed E-state index contributed by atoms with van der Waals surface area (Å²) in [5.41, 5.74) is 1.73. The van der Waals surface area contributed by atoms with Crippen molar-refractivity contribution in [3.63, 3.8) is 0 Å². The minimum atomic E-state index is -0.768. The summed E-state index contributed by atoms with van der Waals surface area (Å²) >= 11 is 1.37. The molecule has 4 nitrogen and oxygen atoms in total. The monoisotopic (exact) mass is 338 g/mol. The summed E-state index contributed by atoms with van der Waals surface area (Å²) in [6.45, 7) is 0. The summed E-state index contributed by atoms with van der Waals surface area (Å²) < 4.78 is 5.15. The molecule has 2 atom stereocenters. The van der Waals surface area contributed by atoms with Crippen molar-refractivity contribution in [1.29, 1.82) is 5.26 Å². The first kappa shape index (κ1) is 16.4. The van der Waals surface area contributed by atoms with E-state index < -0.39 is 5.92 Å². The van der Waals surface area contributed by atoms with E-state index in [1.165, 1.54) is 11.3 Å². The van der Waals surface area contributed by atoms with E-state index in [-0.39, 0.29) is 11.7 Å². The number of ether oxygens (including phenoxy) is 1. The fourth-order valence-electron chi connectivity index (χ4n) is 2.82. The molecule has 0 radical (unpaired) electrons. The van der Waals surface area contributed by atoms with E-state index in [0.29, 0.717) is 11.4 Å². The van der Waals surface area contributed by atoms with E-state index in [1.807, 2.05) is 29.6 Å². The molecule has 1 aliphatic rings. The highest BCUT2D eigenvalue weighted by atomic mass is 32.1. The van der Waals surface area contributed by atoms with Gasteiger partial charge in [0.2, 0.25) is 0 Å². The van der Waals surface area contributed by atoms with Crippen LogP contribution in [-0.4, -0.2) is 17.9 Å². The predicted octanol–water partition coefficient (Wildman–Crippen LogP) is 4.35. The SMILES string of the molecule is COc1ccc(-c2csc([C@@H](C#N)C(=O)C[C@@H]3C=CCC3)n2)cc1. The maximum absolute atomic E-state index is 12.5. The van der Waals surface area contributed by atoms with Crippen LogP contribution in [0.1, 0.15) is 30.2 Å². The van der Waals surface area contributed by atoms with Crippen molar-refractivity contribution in [1.82, 2.24) is 4.98 Å². The van der Waals surface area contributed by atoms with Gasteiger partial charge in [-0.3, -0.25) is 4.79 Å². The van der Waals surface area contributed by atoms with Crippen LogP contribution in [0.5, 0.6) is 5.75 Å². The zero-order chi connectivity index (χ0) is 16.9. The molecule has 0 bridgehead atoms. The second-order valence-electron chi connectivity index (χ2n) is 5.80. The van der Waals surface area contributed by atoms with E-state index in [9.17, 15) is 10.1 Å². The zero-order valence-electron chi connectivity index (χ0n) is 13.4. The third-order valence-corrected chi connectivity index (χ3v) is 5.09. The summed E-state index contributed by atoms with van der Waals surface area (Å²) in [5, 5.41) is 11.9. The Hall–Kier alpha value is -2.45. The normalized spacial score (nSPS) is 17.4. The predicted molar refractivity (Wildman–Crippen MR) is 93.9 cm³/mol. The highest BCUT2D eigenvalue weighted by Crippen LogP contribution is 2.30. The van der Waals surface area contributed by atoms with Crippen molar-refractivity contribution >= 4 is 17.1 Å². The van der Waals surface area contributed by atoms with Gasteiger partial charge in [0.1, 0.15) is 10.8 Å². The highest BCUT2D eigenvalue weighted by molar-refractivity contribution is 7.10. The lowest BCUT2D eigenvalue weighted by molar-refractivity contribution is -0.120. The van der Waals surface area contributed by atoms with Crippen molar-refractivity contribution in [2.45, 2.75) is 25.2 Å². The van der Waals surface area contributed by atoms with Gasteiger partial charge in [-0.05, 0) is 43.0 Å². The van der Waals surface area contributed by atoms with Gasteiger partial charge in [-0.25, -0.2) is 4.98 Å². The third-order valence-electron chi connectivity index (χ3n) is 4.18. The number of carbonyl (C=O) groups is 1. The van der Waals surface area contributed by atoms with E-state index in [4.69, 9.17) is 4.74 Å². The highest BCUT2D eigenvalue weighted by Gasteiger charge is 2.26. The molecule has 2 aromatic rings. The van der Waals surface area contributed by atoms with Crippen LogP contribution in [0.4, 0.5) is 0 Å². The molecule has 0 saturated carbocycles. The molecule has 0 aliphatic heterocycles. The molecule has 1 aromatic heterocycles. The van der Waals surface area contributed by atoms with E-state index >= 15 is 0 Å². The average molecular weight is 338 g/mol. The van der Waals surface area contributed by atoms with Crippen molar-refractivity contribution in [3.8, 4) is 23.1 Å². The number of ketones is 1. The van der Waals surface area contributed by atoms with Crippen LogP contribution in [0.25, 0.3) is 11.3 Å². The van der Waals surface area contributed by atoms with Gasteiger partial charge in [0, 0.05) is 17.4 Å². The van der Waals surface area contributed by atoms with Crippen LogP contribution in [-0.2, 0) is 4.79 Å². The Morgan fingerprint density at radius 3 is 2.88 bits per heavy atom. The lowest BCUT2D eigenvalue weighted by Crippen LogP contribution is -2.13. The topological polar surface area (TPSA) is 63.0 Å². The van der Waals surface area contributed by atoms with Gasteiger partial charge < -0.3 is 4.74 Å². The van der Waals surface area contributed by atoms with Crippen LogP contribution >= 0.6 is 11.3 Å². The maximum atomic E-state index is 12.5. The molecule has 0 saturated heterocycles. The molecule has 0 unspecified atom stereocenters. The fourth-order valence-corrected chi connectivity index (χ4v) is 3.71. The number of nitrogens with zero attached hydrogens (tertiary/aromatic N) is 2. The smallest absolute Gasteiger partial charge is 0.157 e. The molecule has 3 rings (SSSR count). The van der Waals surface area contributed by atoms with E-state index in [2.05, 4.69) is 23.2 Å². The van der Waals surface area contributed by atoms with Gasteiger partial charge in [-0.2, -0.15) is 5.26 Å². The number of hydrogen-bond donors (Lipinski definition) is 0. The maximum Gasteiger partial charge on any atom is 0.157 e. The fraction of sp³-hybridized carbons (Fsp3) is 0.316. The van der Waals surface area contributed by atoms with E-state index in [1.54, 1.807) is 7.11 Å². The second-order valence-corrected chi connectivity index (χ2v) is 6.69. The number of methoxy groups -OCH3 is 1. The molecule has 0 amide bonds. The summed E-state index contributed by atoms with van der Waals surface area (Å²) in [4.78, 5) is 17.0. The number of allylic oxidation sites excluding steroid dienone is 2. The van der Waals surface area contributed by atoms with Crippen LogP contribution < -0.4 is 4.74 Å². The first-order valence-corrected chi connectivity index (χ1v) is 8.78. The summed E-state index contributed by atoms with van der Waals surface area (Å²) in [5.74, 6) is 0.249. The second kappa shape index (κ2) is 7.41. The quantitative estimate of drug-likeness (QED) is 0.735. The van der Waals surface area contributed by atoms with Crippen molar-refractivity contribution < 1.29 is 9.53 Å². The van der Waals surface area contributed by atoms with Gasteiger partial charge in [-0.1, -0.05) is 12.2 Å². The van der Waals surface area contributed by atoms with Gasteiger partial charge in [0.05, 0.1) is 18.9 Å². The molecule has 0 fully saturated rings. The molecule has 1 aliphatic carbocycles. The minimum absolute atomic E-state index is 0.0373. The molecular formula is C19H18N2O2S. The molecule has 0 N–H and O–H groups in total. The van der Waals surface area contributed by atoms with Gasteiger partial charge >= 0.3 is 0 Å².